The number of hydrogen-bond acceptors (Lipinski definition) is 5. The molecular weight excluding hydrogens is 503 g/mol. The summed E-state index contributed by atoms with van der Waals surface area (Å²) in [5.41, 5.74) is -1.42. The lowest BCUT2D eigenvalue weighted by molar-refractivity contribution is -0.141. The summed E-state index contributed by atoms with van der Waals surface area (Å²) < 4.78 is 18.7. The van der Waals surface area contributed by atoms with Gasteiger partial charge in [0.2, 0.25) is 11.8 Å². The van der Waals surface area contributed by atoms with Crippen LogP contribution in [-0.2, 0) is 19.1 Å². The second-order valence-corrected chi connectivity index (χ2v) is 11.7. The molecule has 0 radical (unpaired) electrons. The van der Waals surface area contributed by atoms with Gasteiger partial charge in [0, 0.05) is 18.2 Å². The second kappa shape index (κ2) is 11.8. The molecule has 1 saturated carbocycles. The summed E-state index contributed by atoms with van der Waals surface area (Å²) in [6.07, 6.45) is 8.63. The Labute approximate surface area is 228 Å². The summed E-state index contributed by atoms with van der Waals surface area (Å²) in [6.45, 7) is 5.66. The molecule has 4 atom stereocenters. The van der Waals surface area contributed by atoms with Crippen molar-refractivity contribution in [3.63, 3.8) is 0 Å². The van der Waals surface area contributed by atoms with E-state index in [2.05, 4.69) is 16.0 Å². The Morgan fingerprint density at radius 1 is 1.08 bits per heavy atom. The molecule has 2 heterocycles. The molecule has 0 spiro atoms. The third-order valence-corrected chi connectivity index (χ3v) is 7.43. The molecule has 9 nitrogen and oxygen atoms in total. The molecule has 4 rings (SSSR count). The molecule has 1 saturated heterocycles. The molecule has 2 fully saturated rings. The van der Waals surface area contributed by atoms with Crippen LogP contribution in [0.25, 0.3) is 0 Å². The number of nitrogens with zero attached hydrogens (tertiary/aromatic N) is 1. The fourth-order valence-electron chi connectivity index (χ4n) is 5.32. The first-order valence-corrected chi connectivity index (χ1v) is 13.8. The third-order valence-electron chi connectivity index (χ3n) is 7.43. The number of carbonyl (C=O) groups is 4. The van der Waals surface area contributed by atoms with E-state index in [1.54, 1.807) is 20.8 Å². The molecule has 10 heteroatoms. The Hall–Kier alpha value is -3.43. The van der Waals surface area contributed by atoms with Gasteiger partial charge in [-0.25, -0.2) is 9.18 Å². The number of rotatable bonds is 3. The monoisotopic (exact) mass is 542 g/mol. The molecule has 1 unspecified atom stereocenters. The van der Waals surface area contributed by atoms with Crippen molar-refractivity contribution in [3.8, 4) is 0 Å². The van der Waals surface area contributed by atoms with Crippen molar-refractivity contribution < 1.29 is 28.3 Å². The van der Waals surface area contributed by atoms with Gasteiger partial charge in [0.05, 0.1) is 0 Å². The number of nitrogens with one attached hydrogen (secondary N) is 3. The van der Waals surface area contributed by atoms with Crippen LogP contribution < -0.4 is 16.0 Å². The van der Waals surface area contributed by atoms with Crippen molar-refractivity contribution in [3.05, 3.63) is 42.2 Å². The number of alkyl carbamates (subject to hydrolysis) is 1. The minimum Gasteiger partial charge on any atom is -0.444 e. The standard InChI is InChI=1S/C29H39FN4O5/c1-28(2,3)39-27(38)32-22-11-8-6-4-5-7-10-19-18-29(19,26(37)31-21-15-13-20(30)14-16-21)33-24(35)23-12-9-17-34(23)25(22)36/h7,10,13-16,19,22-23H,4-6,8-9,11-12,17-18H2,1-3H3,(H,31,37)(H,32,38)(H,33,35)/b10-7-/t19-,22+,23?,29-/m1/s1. The van der Waals surface area contributed by atoms with Gasteiger partial charge in [0.1, 0.15) is 29.0 Å². The van der Waals surface area contributed by atoms with Crippen LogP contribution in [0.5, 0.6) is 0 Å². The molecular formula is C29H39FN4O5. The summed E-state index contributed by atoms with van der Waals surface area (Å²) in [5.74, 6) is -1.67. The summed E-state index contributed by atoms with van der Waals surface area (Å²) in [6, 6.07) is 3.92. The van der Waals surface area contributed by atoms with E-state index in [0.29, 0.717) is 37.9 Å². The minimum atomic E-state index is -1.15. The van der Waals surface area contributed by atoms with E-state index < -0.39 is 41.0 Å². The Kier molecular flexibility index (Phi) is 8.61. The highest BCUT2D eigenvalue weighted by Crippen LogP contribution is 2.46. The zero-order valence-electron chi connectivity index (χ0n) is 22.9. The molecule has 3 N–H and O–H groups in total. The SMILES string of the molecule is CC(C)(C)OC(=O)N[C@H]1CCCCC/C=C\[C@@H]2C[C@@]2(C(=O)Nc2ccc(F)cc2)NC(=O)C2CCCN2C1=O. The molecule has 0 aromatic heterocycles. The predicted octanol–water partition coefficient (Wildman–Crippen LogP) is 4.04. The van der Waals surface area contributed by atoms with Crippen LogP contribution in [-0.4, -0.2) is 58.5 Å². The summed E-state index contributed by atoms with van der Waals surface area (Å²) in [5, 5.41) is 8.50. The Bertz CT molecular complexity index is 1120. The van der Waals surface area contributed by atoms with Crippen molar-refractivity contribution in [2.45, 2.75) is 95.4 Å². The predicted molar refractivity (Wildman–Crippen MR) is 144 cm³/mol. The number of hydrogen-bond donors (Lipinski definition) is 3. The average molecular weight is 543 g/mol. The fourth-order valence-corrected chi connectivity index (χ4v) is 5.32. The van der Waals surface area contributed by atoms with E-state index in [1.807, 2.05) is 12.2 Å². The van der Waals surface area contributed by atoms with Gasteiger partial charge < -0.3 is 25.6 Å². The third kappa shape index (κ3) is 7.16. The lowest BCUT2D eigenvalue weighted by atomic mass is 10.0. The van der Waals surface area contributed by atoms with Crippen LogP contribution in [0.3, 0.4) is 0 Å². The molecule has 212 valence electrons. The largest absolute Gasteiger partial charge is 0.444 e. The smallest absolute Gasteiger partial charge is 0.408 e. The van der Waals surface area contributed by atoms with E-state index in [4.69, 9.17) is 4.74 Å². The number of allylic oxidation sites excluding steroid dienone is 1. The summed E-state index contributed by atoms with van der Waals surface area (Å²) in [4.78, 5) is 54.7. The first-order chi connectivity index (χ1) is 18.5. The van der Waals surface area contributed by atoms with Gasteiger partial charge in [-0.1, -0.05) is 25.0 Å². The molecule has 4 amide bonds. The molecule has 1 aromatic carbocycles. The van der Waals surface area contributed by atoms with E-state index >= 15 is 0 Å². The van der Waals surface area contributed by atoms with Gasteiger partial charge in [-0.15, -0.1) is 0 Å². The summed E-state index contributed by atoms with van der Waals surface area (Å²) in [7, 11) is 0. The zero-order chi connectivity index (χ0) is 28.2. The van der Waals surface area contributed by atoms with Gasteiger partial charge in [-0.3, -0.25) is 14.4 Å². The van der Waals surface area contributed by atoms with E-state index in [-0.39, 0.29) is 17.7 Å². The maximum absolute atomic E-state index is 13.6. The molecule has 1 aromatic rings. The minimum absolute atomic E-state index is 0.181. The van der Waals surface area contributed by atoms with Crippen LogP contribution in [0.1, 0.15) is 72.1 Å². The highest BCUT2D eigenvalue weighted by atomic mass is 19.1. The summed E-state index contributed by atoms with van der Waals surface area (Å²) >= 11 is 0. The zero-order valence-corrected chi connectivity index (χ0v) is 22.9. The van der Waals surface area contributed by atoms with Crippen LogP contribution in [0, 0.1) is 11.7 Å². The fraction of sp³-hybridized carbons (Fsp3) is 0.586. The number of carbonyl (C=O) groups excluding carboxylic acids is 4. The average Bonchev–Trinajstić information content (AvgIpc) is 3.32. The molecule has 1 aliphatic carbocycles. The first-order valence-electron chi connectivity index (χ1n) is 13.8. The van der Waals surface area contributed by atoms with Gasteiger partial charge in [-0.2, -0.15) is 0 Å². The molecule has 3 aliphatic rings. The van der Waals surface area contributed by atoms with E-state index in [9.17, 15) is 23.6 Å². The van der Waals surface area contributed by atoms with Crippen LogP contribution in [0.4, 0.5) is 14.9 Å². The van der Waals surface area contributed by atoms with Crippen molar-refractivity contribution >= 4 is 29.5 Å². The van der Waals surface area contributed by atoms with Gasteiger partial charge in [0.25, 0.3) is 5.91 Å². The molecule has 2 aliphatic heterocycles. The maximum Gasteiger partial charge on any atom is 0.408 e. The van der Waals surface area contributed by atoms with Gasteiger partial charge in [-0.05, 0) is 83.6 Å². The van der Waals surface area contributed by atoms with Crippen molar-refractivity contribution in [1.29, 1.82) is 0 Å². The Morgan fingerprint density at radius 2 is 1.82 bits per heavy atom. The van der Waals surface area contributed by atoms with Crippen LogP contribution >= 0.6 is 0 Å². The quantitative estimate of drug-likeness (QED) is 0.499. The first kappa shape index (κ1) is 28.6. The van der Waals surface area contributed by atoms with Crippen molar-refractivity contribution in [2.24, 2.45) is 5.92 Å². The number of halogens is 1. The normalized spacial score (nSPS) is 28.6. The number of ether oxygens (including phenoxy) is 1. The number of anilines is 1. The number of benzene rings is 1. The van der Waals surface area contributed by atoms with E-state index in [0.717, 1.165) is 25.7 Å². The van der Waals surface area contributed by atoms with Gasteiger partial charge >= 0.3 is 6.09 Å². The number of fused-ring (bicyclic) bond motifs is 2. The topological polar surface area (TPSA) is 117 Å². The Morgan fingerprint density at radius 3 is 2.54 bits per heavy atom. The molecule has 0 bridgehead atoms. The van der Waals surface area contributed by atoms with Gasteiger partial charge in [0.15, 0.2) is 0 Å². The lowest BCUT2D eigenvalue weighted by Gasteiger charge is -2.30. The van der Waals surface area contributed by atoms with Crippen molar-refractivity contribution in [1.82, 2.24) is 15.5 Å². The highest BCUT2D eigenvalue weighted by molar-refractivity contribution is 6.04. The van der Waals surface area contributed by atoms with E-state index in [1.165, 1.54) is 29.2 Å². The maximum atomic E-state index is 13.6. The van der Waals surface area contributed by atoms with Crippen LogP contribution in [0.2, 0.25) is 0 Å². The Balaban J connectivity index is 1.54. The lowest BCUT2D eigenvalue weighted by Crippen LogP contribution is -2.57. The van der Waals surface area contributed by atoms with Crippen LogP contribution in [0.15, 0.2) is 36.4 Å². The second-order valence-electron chi connectivity index (χ2n) is 11.7. The number of amides is 4. The van der Waals surface area contributed by atoms with Crippen molar-refractivity contribution in [2.75, 3.05) is 11.9 Å². The highest BCUT2D eigenvalue weighted by Gasteiger charge is 2.60. The molecule has 39 heavy (non-hydrogen) atoms.